The number of carboxylic acids is 1. The van der Waals surface area contributed by atoms with Crippen LogP contribution in [0.2, 0.25) is 0 Å². The molecule has 17 heavy (non-hydrogen) atoms. The number of aliphatic carboxylic acids is 1. The third-order valence-electron chi connectivity index (χ3n) is 2.78. The molecule has 92 valence electrons. The Bertz CT molecular complexity index is 446. The van der Waals surface area contributed by atoms with E-state index in [1.54, 1.807) is 4.90 Å². The van der Waals surface area contributed by atoms with Crippen molar-refractivity contribution in [1.29, 1.82) is 0 Å². The standard InChI is InChI=1S/C11H12BrNO3S/c1-6-2-8(17-10(6)12)11(16)13-4-7(5-13)3-9(14)15/h2,7H,3-5H2,1H3,(H,14,15). The van der Waals surface area contributed by atoms with E-state index < -0.39 is 5.97 Å². The van der Waals surface area contributed by atoms with E-state index in [1.807, 2.05) is 13.0 Å². The predicted octanol–water partition coefficient (Wildman–Crippen LogP) is 2.37. The van der Waals surface area contributed by atoms with E-state index in [2.05, 4.69) is 15.9 Å². The molecule has 0 spiro atoms. The number of thiophene rings is 1. The molecule has 1 aliphatic rings. The van der Waals surface area contributed by atoms with Crippen molar-refractivity contribution in [2.45, 2.75) is 13.3 Å². The van der Waals surface area contributed by atoms with Crippen LogP contribution in [0.25, 0.3) is 0 Å². The first-order chi connectivity index (χ1) is 7.97. The van der Waals surface area contributed by atoms with Crippen molar-refractivity contribution in [3.63, 3.8) is 0 Å². The number of carbonyl (C=O) groups excluding carboxylic acids is 1. The number of carbonyl (C=O) groups is 2. The Hall–Kier alpha value is -0.880. The topological polar surface area (TPSA) is 57.6 Å². The maximum Gasteiger partial charge on any atom is 0.303 e. The van der Waals surface area contributed by atoms with Gasteiger partial charge in [0.15, 0.2) is 0 Å². The average molecular weight is 318 g/mol. The van der Waals surface area contributed by atoms with Crippen LogP contribution in [0.1, 0.15) is 21.7 Å². The lowest BCUT2D eigenvalue weighted by atomic mass is 9.96. The molecule has 1 aliphatic heterocycles. The third-order valence-corrected chi connectivity index (χ3v) is 4.90. The molecule has 0 aliphatic carbocycles. The number of aryl methyl sites for hydroxylation is 1. The van der Waals surface area contributed by atoms with Crippen molar-refractivity contribution in [3.05, 3.63) is 20.3 Å². The predicted molar refractivity (Wildman–Crippen MR) is 68.4 cm³/mol. The van der Waals surface area contributed by atoms with Gasteiger partial charge in [-0.15, -0.1) is 11.3 Å². The van der Waals surface area contributed by atoms with E-state index in [0.29, 0.717) is 18.0 Å². The molecule has 1 saturated heterocycles. The molecule has 1 N–H and O–H groups in total. The number of nitrogens with zero attached hydrogens (tertiary/aromatic N) is 1. The van der Waals surface area contributed by atoms with E-state index in [9.17, 15) is 9.59 Å². The lowest BCUT2D eigenvalue weighted by Crippen LogP contribution is -2.50. The highest BCUT2D eigenvalue weighted by Crippen LogP contribution is 2.30. The molecule has 2 heterocycles. The number of carboxylic acid groups (broad SMARTS) is 1. The first-order valence-corrected chi connectivity index (χ1v) is 6.85. The highest BCUT2D eigenvalue weighted by molar-refractivity contribution is 9.11. The summed E-state index contributed by atoms with van der Waals surface area (Å²) in [4.78, 5) is 24.9. The molecule has 0 unspecified atom stereocenters. The fraction of sp³-hybridized carbons (Fsp3) is 0.455. The highest BCUT2D eigenvalue weighted by atomic mass is 79.9. The molecule has 6 heteroatoms. The van der Waals surface area contributed by atoms with Crippen LogP contribution >= 0.6 is 27.3 Å². The second kappa shape index (κ2) is 4.78. The zero-order valence-corrected chi connectivity index (χ0v) is 11.7. The van der Waals surface area contributed by atoms with Crippen LogP contribution in [0.5, 0.6) is 0 Å². The minimum absolute atomic E-state index is 0.00504. The summed E-state index contributed by atoms with van der Waals surface area (Å²) in [6.45, 7) is 3.06. The molecule has 0 radical (unpaired) electrons. The maximum atomic E-state index is 12.0. The van der Waals surface area contributed by atoms with Crippen LogP contribution in [-0.2, 0) is 4.79 Å². The molecular formula is C11H12BrNO3S. The fourth-order valence-corrected chi connectivity index (χ4v) is 3.34. The van der Waals surface area contributed by atoms with Gasteiger partial charge in [-0.2, -0.15) is 0 Å². The normalized spacial score (nSPS) is 15.8. The van der Waals surface area contributed by atoms with Crippen LogP contribution in [0.3, 0.4) is 0 Å². The molecule has 1 aromatic heterocycles. The van der Waals surface area contributed by atoms with Gasteiger partial charge in [-0.25, -0.2) is 0 Å². The molecule has 1 aromatic rings. The minimum atomic E-state index is -0.795. The van der Waals surface area contributed by atoms with Crippen molar-refractivity contribution < 1.29 is 14.7 Å². The number of hydrogen-bond donors (Lipinski definition) is 1. The van der Waals surface area contributed by atoms with Gasteiger partial charge in [0, 0.05) is 19.0 Å². The summed E-state index contributed by atoms with van der Waals surface area (Å²) >= 11 is 4.81. The van der Waals surface area contributed by atoms with Gasteiger partial charge < -0.3 is 10.0 Å². The Morgan fingerprint density at radius 3 is 2.71 bits per heavy atom. The van der Waals surface area contributed by atoms with Crippen molar-refractivity contribution in [3.8, 4) is 0 Å². The first-order valence-electron chi connectivity index (χ1n) is 5.24. The zero-order valence-electron chi connectivity index (χ0n) is 9.27. The first kappa shape index (κ1) is 12.6. The maximum absolute atomic E-state index is 12.0. The molecule has 0 bridgehead atoms. The quantitative estimate of drug-likeness (QED) is 0.931. The summed E-state index contributed by atoms with van der Waals surface area (Å²) in [5, 5.41) is 8.62. The molecule has 2 rings (SSSR count). The zero-order chi connectivity index (χ0) is 12.6. The summed E-state index contributed by atoms with van der Waals surface area (Å²) in [5.41, 5.74) is 1.06. The SMILES string of the molecule is Cc1cc(C(=O)N2CC(CC(=O)O)C2)sc1Br. The average Bonchev–Trinajstić information content (AvgIpc) is 2.51. The van der Waals surface area contributed by atoms with Gasteiger partial charge in [-0.1, -0.05) is 0 Å². The van der Waals surface area contributed by atoms with Crippen LogP contribution in [0.4, 0.5) is 0 Å². The van der Waals surface area contributed by atoms with Gasteiger partial charge in [0.25, 0.3) is 5.91 Å². The van der Waals surface area contributed by atoms with E-state index in [-0.39, 0.29) is 18.2 Å². The third kappa shape index (κ3) is 2.69. The van der Waals surface area contributed by atoms with Crippen molar-refractivity contribution in [2.75, 3.05) is 13.1 Å². The molecule has 0 saturated carbocycles. The van der Waals surface area contributed by atoms with Crippen molar-refractivity contribution in [1.82, 2.24) is 4.90 Å². The summed E-state index contributed by atoms with van der Waals surface area (Å²) in [7, 11) is 0. The van der Waals surface area contributed by atoms with Crippen LogP contribution < -0.4 is 0 Å². The monoisotopic (exact) mass is 317 g/mol. The Balaban J connectivity index is 1.93. The number of rotatable bonds is 3. The number of hydrogen-bond acceptors (Lipinski definition) is 3. The highest BCUT2D eigenvalue weighted by Gasteiger charge is 2.33. The fourth-order valence-electron chi connectivity index (χ4n) is 1.83. The second-order valence-corrected chi connectivity index (χ2v) is 6.61. The summed E-state index contributed by atoms with van der Waals surface area (Å²) in [6.07, 6.45) is 0.150. The molecular weight excluding hydrogens is 306 g/mol. The molecule has 4 nitrogen and oxygen atoms in total. The van der Waals surface area contributed by atoms with Crippen LogP contribution in [0, 0.1) is 12.8 Å². The lowest BCUT2D eigenvalue weighted by molar-refractivity contribution is -0.139. The van der Waals surface area contributed by atoms with Crippen molar-refractivity contribution >= 4 is 39.1 Å². The van der Waals surface area contributed by atoms with E-state index in [4.69, 9.17) is 5.11 Å². The minimum Gasteiger partial charge on any atom is -0.481 e. The Morgan fingerprint density at radius 1 is 1.59 bits per heavy atom. The number of halogens is 1. The Kier molecular flexibility index (Phi) is 3.53. The van der Waals surface area contributed by atoms with Crippen LogP contribution in [0.15, 0.2) is 9.85 Å². The van der Waals surface area contributed by atoms with Gasteiger partial charge in [0.05, 0.1) is 15.1 Å². The molecule has 1 amide bonds. The van der Waals surface area contributed by atoms with Gasteiger partial charge in [0.2, 0.25) is 0 Å². The van der Waals surface area contributed by atoms with Crippen LogP contribution in [-0.4, -0.2) is 35.0 Å². The van der Waals surface area contributed by atoms with E-state index in [1.165, 1.54) is 11.3 Å². The van der Waals surface area contributed by atoms with Gasteiger partial charge in [0.1, 0.15) is 0 Å². The molecule has 0 atom stereocenters. The van der Waals surface area contributed by atoms with Crippen molar-refractivity contribution in [2.24, 2.45) is 5.92 Å². The van der Waals surface area contributed by atoms with E-state index >= 15 is 0 Å². The van der Waals surface area contributed by atoms with Gasteiger partial charge in [-0.05, 0) is 34.5 Å². The molecule has 0 aromatic carbocycles. The van der Waals surface area contributed by atoms with Gasteiger partial charge in [-0.3, -0.25) is 9.59 Å². The molecule has 1 fully saturated rings. The smallest absolute Gasteiger partial charge is 0.303 e. The summed E-state index contributed by atoms with van der Waals surface area (Å²) in [6, 6.07) is 1.86. The largest absolute Gasteiger partial charge is 0.481 e. The summed E-state index contributed by atoms with van der Waals surface area (Å²) in [5.74, 6) is -0.678. The Labute approximate surface area is 111 Å². The lowest BCUT2D eigenvalue weighted by Gasteiger charge is -2.38. The summed E-state index contributed by atoms with van der Waals surface area (Å²) < 4.78 is 0.975. The number of likely N-dealkylation sites (tertiary alicyclic amines) is 1. The van der Waals surface area contributed by atoms with E-state index in [0.717, 1.165) is 9.35 Å². The van der Waals surface area contributed by atoms with Gasteiger partial charge >= 0.3 is 5.97 Å². The second-order valence-electron chi connectivity index (χ2n) is 4.24. The number of amides is 1. The Morgan fingerprint density at radius 2 is 2.24 bits per heavy atom.